The lowest BCUT2D eigenvalue weighted by molar-refractivity contribution is 0.219. The lowest BCUT2D eigenvalue weighted by Crippen LogP contribution is -2.31. The number of rotatable bonds is 3. The molecule has 0 spiro atoms. The van der Waals surface area contributed by atoms with Crippen molar-refractivity contribution in [2.45, 2.75) is 18.9 Å². The predicted octanol–water partition coefficient (Wildman–Crippen LogP) is 2.12. The third kappa shape index (κ3) is 2.72. The first kappa shape index (κ1) is 12.2. The Bertz CT molecular complexity index is 434. The molecular weight excluding hydrogens is 238 g/mol. The first-order valence-electron chi connectivity index (χ1n) is 5.54. The van der Waals surface area contributed by atoms with Gasteiger partial charge in [0.1, 0.15) is 0 Å². The lowest BCUT2D eigenvalue weighted by atomic mass is 9.95. The molecule has 4 nitrogen and oxygen atoms in total. The number of nitrogens with one attached hydrogen (secondary N) is 1. The van der Waals surface area contributed by atoms with Crippen LogP contribution in [-0.4, -0.2) is 6.61 Å². The molecule has 0 radical (unpaired) electrons. The first-order chi connectivity index (χ1) is 8.22. The Hall–Kier alpha value is -1.23. The predicted molar refractivity (Wildman–Crippen MR) is 69.2 cm³/mol. The van der Waals surface area contributed by atoms with Crippen LogP contribution in [0.3, 0.4) is 0 Å². The van der Waals surface area contributed by atoms with Crippen LogP contribution in [0.15, 0.2) is 30.0 Å². The van der Waals surface area contributed by atoms with Gasteiger partial charge in [-0.3, -0.25) is 5.84 Å². The minimum absolute atomic E-state index is 0.118. The van der Waals surface area contributed by atoms with Gasteiger partial charge in [0.05, 0.1) is 18.9 Å². The van der Waals surface area contributed by atoms with Gasteiger partial charge in [-0.25, -0.2) is 5.43 Å². The van der Waals surface area contributed by atoms with Crippen molar-refractivity contribution in [3.05, 3.63) is 40.6 Å². The molecule has 1 aromatic rings. The van der Waals surface area contributed by atoms with Crippen molar-refractivity contribution in [3.63, 3.8) is 0 Å². The molecule has 5 N–H and O–H groups in total. The highest BCUT2D eigenvalue weighted by atomic mass is 35.5. The zero-order valence-electron chi connectivity index (χ0n) is 9.45. The average molecular weight is 254 g/mol. The molecule has 1 aromatic carbocycles. The molecular formula is C12H16ClN3O. The van der Waals surface area contributed by atoms with Crippen molar-refractivity contribution in [1.29, 1.82) is 0 Å². The van der Waals surface area contributed by atoms with E-state index in [1.54, 1.807) is 12.3 Å². The number of hydrazine groups is 1. The Labute approximate surface area is 106 Å². The van der Waals surface area contributed by atoms with E-state index < -0.39 is 0 Å². The van der Waals surface area contributed by atoms with Crippen LogP contribution in [0.25, 0.3) is 0 Å². The minimum atomic E-state index is -0.118. The number of hydrogen-bond acceptors (Lipinski definition) is 4. The Balaban J connectivity index is 2.31. The van der Waals surface area contributed by atoms with Crippen LogP contribution in [0.5, 0.6) is 0 Å². The molecule has 1 unspecified atom stereocenters. The van der Waals surface area contributed by atoms with Crippen LogP contribution in [0, 0.1) is 0 Å². The van der Waals surface area contributed by atoms with Gasteiger partial charge in [-0.1, -0.05) is 17.7 Å². The zero-order valence-corrected chi connectivity index (χ0v) is 10.2. The van der Waals surface area contributed by atoms with E-state index in [2.05, 4.69) is 5.43 Å². The monoisotopic (exact) mass is 253 g/mol. The van der Waals surface area contributed by atoms with Crippen LogP contribution in [0.4, 0.5) is 5.69 Å². The number of hydrogen-bond donors (Lipinski definition) is 3. The maximum absolute atomic E-state index is 5.96. The highest BCUT2D eigenvalue weighted by Gasteiger charge is 2.19. The number of nitrogen functional groups attached to an aromatic ring is 1. The summed E-state index contributed by atoms with van der Waals surface area (Å²) in [5.74, 6) is 5.61. The van der Waals surface area contributed by atoms with Crippen molar-refractivity contribution >= 4 is 17.3 Å². The molecule has 1 atom stereocenters. The second-order valence-corrected chi connectivity index (χ2v) is 4.48. The molecule has 2 rings (SSSR count). The maximum atomic E-state index is 5.96. The van der Waals surface area contributed by atoms with Gasteiger partial charge in [0.25, 0.3) is 0 Å². The Morgan fingerprint density at radius 1 is 1.41 bits per heavy atom. The van der Waals surface area contributed by atoms with Crippen LogP contribution in [0.2, 0.25) is 5.02 Å². The second-order valence-electron chi connectivity index (χ2n) is 4.04. The van der Waals surface area contributed by atoms with Crippen molar-refractivity contribution < 1.29 is 4.74 Å². The third-order valence-electron chi connectivity index (χ3n) is 2.86. The number of anilines is 1. The summed E-state index contributed by atoms with van der Waals surface area (Å²) in [6, 6.07) is 5.30. The normalized spacial score (nSPS) is 17.2. The molecule has 92 valence electrons. The number of nitrogens with two attached hydrogens (primary N) is 2. The molecule has 0 bridgehead atoms. The largest absolute Gasteiger partial charge is 0.501 e. The molecule has 1 heterocycles. The fraction of sp³-hybridized carbons (Fsp3) is 0.333. The van der Waals surface area contributed by atoms with E-state index in [1.807, 2.05) is 12.1 Å². The van der Waals surface area contributed by atoms with E-state index in [1.165, 1.54) is 0 Å². The number of ether oxygens (including phenoxy) is 1. The first-order valence-corrected chi connectivity index (χ1v) is 5.91. The molecule has 0 aliphatic carbocycles. The van der Waals surface area contributed by atoms with E-state index in [0.717, 1.165) is 30.6 Å². The van der Waals surface area contributed by atoms with Crippen LogP contribution >= 0.6 is 11.6 Å². The van der Waals surface area contributed by atoms with Gasteiger partial charge < -0.3 is 10.5 Å². The summed E-state index contributed by atoms with van der Waals surface area (Å²) in [5, 5.41) is 0.621. The fourth-order valence-electron chi connectivity index (χ4n) is 2.00. The molecule has 0 saturated heterocycles. The second kappa shape index (κ2) is 5.40. The average Bonchev–Trinajstić information content (AvgIpc) is 2.34. The Morgan fingerprint density at radius 2 is 2.24 bits per heavy atom. The van der Waals surface area contributed by atoms with E-state index in [0.29, 0.717) is 10.7 Å². The topological polar surface area (TPSA) is 73.3 Å². The van der Waals surface area contributed by atoms with Crippen molar-refractivity contribution in [3.8, 4) is 0 Å². The number of halogens is 1. The molecule has 0 aromatic heterocycles. The van der Waals surface area contributed by atoms with Gasteiger partial charge in [-0.15, -0.1) is 0 Å². The Morgan fingerprint density at radius 3 is 2.82 bits per heavy atom. The quantitative estimate of drug-likeness (QED) is 0.438. The van der Waals surface area contributed by atoms with Crippen LogP contribution < -0.4 is 17.0 Å². The molecule has 17 heavy (non-hydrogen) atoms. The molecule has 0 saturated carbocycles. The summed E-state index contributed by atoms with van der Waals surface area (Å²) in [4.78, 5) is 0. The van der Waals surface area contributed by atoms with Gasteiger partial charge in [0.2, 0.25) is 0 Å². The van der Waals surface area contributed by atoms with Gasteiger partial charge in [-0.05, 0) is 36.1 Å². The highest BCUT2D eigenvalue weighted by Crippen LogP contribution is 2.31. The fourth-order valence-corrected chi connectivity index (χ4v) is 2.18. The molecule has 1 aliphatic rings. The van der Waals surface area contributed by atoms with Gasteiger partial charge in [0.15, 0.2) is 0 Å². The van der Waals surface area contributed by atoms with E-state index >= 15 is 0 Å². The zero-order chi connectivity index (χ0) is 12.3. The summed E-state index contributed by atoms with van der Waals surface area (Å²) in [6.07, 6.45) is 3.72. The summed E-state index contributed by atoms with van der Waals surface area (Å²) in [6.45, 7) is 0.761. The smallest absolute Gasteiger partial charge is 0.0876 e. The summed E-state index contributed by atoms with van der Waals surface area (Å²) < 4.78 is 5.33. The summed E-state index contributed by atoms with van der Waals surface area (Å²) >= 11 is 5.88. The minimum Gasteiger partial charge on any atom is -0.501 e. The lowest BCUT2D eigenvalue weighted by Gasteiger charge is -2.24. The molecule has 5 heteroatoms. The van der Waals surface area contributed by atoms with Gasteiger partial charge in [0, 0.05) is 10.7 Å². The van der Waals surface area contributed by atoms with Crippen molar-refractivity contribution in [2.75, 3.05) is 12.3 Å². The van der Waals surface area contributed by atoms with E-state index in [-0.39, 0.29) is 6.04 Å². The summed E-state index contributed by atoms with van der Waals surface area (Å²) in [7, 11) is 0. The van der Waals surface area contributed by atoms with Crippen LogP contribution in [0.1, 0.15) is 24.4 Å². The summed E-state index contributed by atoms with van der Waals surface area (Å²) in [5.41, 5.74) is 11.4. The van der Waals surface area contributed by atoms with Crippen molar-refractivity contribution in [2.24, 2.45) is 5.84 Å². The third-order valence-corrected chi connectivity index (χ3v) is 3.09. The molecule has 0 amide bonds. The van der Waals surface area contributed by atoms with Gasteiger partial charge >= 0.3 is 0 Å². The van der Waals surface area contributed by atoms with E-state index in [9.17, 15) is 0 Å². The molecule has 0 fully saturated rings. The standard InChI is InChI=1S/C12H16ClN3O/c13-9-3-4-10(11(14)6-9)12(16-15)8-2-1-5-17-7-8/h3-4,6-7,12,16H,1-2,5,14-15H2. The Kier molecular flexibility index (Phi) is 3.89. The molecule has 1 aliphatic heterocycles. The van der Waals surface area contributed by atoms with E-state index in [4.69, 9.17) is 27.9 Å². The maximum Gasteiger partial charge on any atom is 0.0876 e. The number of benzene rings is 1. The van der Waals surface area contributed by atoms with Crippen molar-refractivity contribution in [1.82, 2.24) is 5.43 Å². The van der Waals surface area contributed by atoms with Gasteiger partial charge in [-0.2, -0.15) is 0 Å². The SMILES string of the molecule is NNC(C1=COCCC1)c1ccc(Cl)cc1N. The van der Waals surface area contributed by atoms with Crippen LogP contribution in [-0.2, 0) is 4.74 Å². The highest BCUT2D eigenvalue weighted by molar-refractivity contribution is 6.30.